The number of hydrogen-bond acceptors (Lipinski definition) is 6. The molecule has 0 bridgehead atoms. The highest BCUT2D eigenvalue weighted by atomic mass is 19.4. The molecule has 1 aliphatic rings. The van der Waals surface area contributed by atoms with Crippen LogP contribution in [0.3, 0.4) is 0 Å². The second-order valence-corrected chi connectivity index (χ2v) is 6.24. The predicted octanol–water partition coefficient (Wildman–Crippen LogP) is 2.95. The molecule has 1 aliphatic heterocycles. The van der Waals surface area contributed by atoms with Crippen LogP contribution in [-0.4, -0.2) is 52.1 Å². The Bertz CT molecular complexity index is 872. The Morgan fingerprint density at radius 1 is 1.32 bits per heavy atom. The van der Waals surface area contributed by atoms with Crippen LogP contribution < -0.4 is 5.32 Å². The van der Waals surface area contributed by atoms with Crippen molar-refractivity contribution in [3.63, 3.8) is 0 Å². The summed E-state index contributed by atoms with van der Waals surface area (Å²) in [5.41, 5.74) is 0.141. The molecule has 7 nitrogen and oxygen atoms in total. The quantitative estimate of drug-likeness (QED) is 0.770. The van der Waals surface area contributed by atoms with Gasteiger partial charge < -0.3 is 14.6 Å². The van der Waals surface area contributed by atoms with Gasteiger partial charge in [-0.05, 0) is 32.0 Å². The molecule has 1 amide bonds. The maximum absolute atomic E-state index is 13.3. The van der Waals surface area contributed by atoms with Gasteiger partial charge in [0.2, 0.25) is 11.8 Å². The van der Waals surface area contributed by atoms with E-state index in [4.69, 9.17) is 4.42 Å². The first-order valence-corrected chi connectivity index (χ1v) is 8.15. The molecule has 0 aliphatic carbocycles. The highest BCUT2D eigenvalue weighted by molar-refractivity contribution is 5.84. The minimum absolute atomic E-state index is 0.1000. The van der Waals surface area contributed by atoms with E-state index in [1.807, 2.05) is 0 Å². The summed E-state index contributed by atoms with van der Waals surface area (Å²) >= 11 is 0. The molecule has 1 aromatic carbocycles. The Hall–Kier alpha value is -2.76. The van der Waals surface area contributed by atoms with Gasteiger partial charge in [-0.25, -0.2) is 8.78 Å². The average Bonchev–Trinajstić information content (AvgIpc) is 3.07. The van der Waals surface area contributed by atoms with Crippen LogP contribution in [0.25, 0.3) is 11.5 Å². The van der Waals surface area contributed by atoms with E-state index in [-0.39, 0.29) is 24.0 Å². The first-order chi connectivity index (χ1) is 13.0. The van der Waals surface area contributed by atoms with Gasteiger partial charge in [-0.1, -0.05) is 5.10 Å². The lowest BCUT2D eigenvalue weighted by atomic mass is 10.00. The Balaban J connectivity index is 1.59. The standard InChI is InChI=1S/C16H15F5N4O3/c1-7(14(26)25-6-12(8(25)2)28-16(19,20)21)22-15-24-23-13(27-15)9-3-4-10(17)11(18)5-9/h3-5,7-8,12H,6H2,1-2H3,(H,22,24)/t7-,8+,12+/m1/s1. The molecule has 1 N–H and O–H groups in total. The largest absolute Gasteiger partial charge is 0.522 e. The molecular formula is C16H15F5N4O3. The van der Waals surface area contributed by atoms with E-state index in [0.717, 1.165) is 12.1 Å². The topological polar surface area (TPSA) is 80.5 Å². The van der Waals surface area contributed by atoms with E-state index in [1.165, 1.54) is 24.8 Å². The lowest BCUT2D eigenvalue weighted by molar-refractivity contribution is -0.359. The summed E-state index contributed by atoms with van der Waals surface area (Å²) < 4.78 is 72.2. The van der Waals surface area contributed by atoms with Crippen LogP contribution in [0.4, 0.5) is 28.0 Å². The number of rotatable bonds is 5. The maximum Gasteiger partial charge on any atom is 0.522 e. The van der Waals surface area contributed by atoms with Crippen molar-refractivity contribution >= 4 is 11.9 Å². The number of benzene rings is 1. The van der Waals surface area contributed by atoms with Gasteiger partial charge in [-0.2, -0.15) is 0 Å². The molecule has 1 saturated heterocycles. The van der Waals surface area contributed by atoms with Crippen LogP contribution >= 0.6 is 0 Å². The van der Waals surface area contributed by atoms with Crippen LogP contribution in [0.15, 0.2) is 22.6 Å². The summed E-state index contributed by atoms with van der Waals surface area (Å²) in [5.74, 6) is -2.70. The van der Waals surface area contributed by atoms with Crippen LogP contribution in [0.5, 0.6) is 0 Å². The fourth-order valence-corrected chi connectivity index (χ4v) is 2.70. The lowest BCUT2D eigenvalue weighted by Crippen LogP contribution is -2.64. The van der Waals surface area contributed by atoms with E-state index in [0.29, 0.717) is 0 Å². The van der Waals surface area contributed by atoms with Crippen LogP contribution in [0.1, 0.15) is 13.8 Å². The number of likely N-dealkylation sites (tertiary alicyclic amines) is 1. The zero-order valence-electron chi connectivity index (χ0n) is 14.6. The molecular weight excluding hydrogens is 391 g/mol. The third-order valence-electron chi connectivity index (χ3n) is 4.28. The number of nitrogens with zero attached hydrogens (tertiary/aromatic N) is 3. The molecule has 1 aromatic heterocycles. The summed E-state index contributed by atoms with van der Waals surface area (Å²) in [6, 6.07) is 1.23. The molecule has 3 rings (SSSR count). The van der Waals surface area contributed by atoms with Gasteiger partial charge in [-0.3, -0.25) is 9.53 Å². The van der Waals surface area contributed by atoms with Gasteiger partial charge >= 0.3 is 12.4 Å². The fraction of sp³-hybridized carbons (Fsp3) is 0.438. The highest BCUT2D eigenvalue weighted by Gasteiger charge is 2.46. The molecule has 12 heteroatoms. The molecule has 2 aromatic rings. The summed E-state index contributed by atoms with van der Waals surface area (Å²) in [4.78, 5) is 13.6. The molecule has 28 heavy (non-hydrogen) atoms. The van der Waals surface area contributed by atoms with E-state index in [1.54, 1.807) is 0 Å². The normalized spacial score (nSPS) is 20.6. The zero-order valence-corrected chi connectivity index (χ0v) is 14.6. The van der Waals surface area contributed by atoms with Gasteiger partial charge in [0.05, 0.1) is 6.04 Å². The molecule has 0 spiro atoms. The van der Waals surface area contributed by atoms with E-state index in [9.17, 15) is 26.7 Å². The van der Waals surface area contributed by atoms with Crippen molar-refractivity contribution in [2.24, 2.45) is 0 Å². The minimum atomic E-state index is -4.77. The average molecular weight is 406 g/mol. The molecule has 2 heterocycles. The van der Waals surface area contributed by atoms with E-state index < -0.39 is 42.1 Å². The third kappa shape index (κ3) is 4.21. The number of nitrogens with one attached hydrogen (secondary N) is 1. The van der Waals surface area contributed by atoms with Crippen molar-refractivity contribution in [3.8, 4) is 11.5 Å². The third-order valence-corrected chi connectivity index (χ3v) is 4.28. The number of hydrogen-bond donors (Lipinski definition) is 1. The predicted molar refractivity (Wildman–Crippen MR) is 84.8 cm³/mol. The molecule has 0 saturated carbocycles. The fourth-order valence-electron chi connectivity index (χ4n) is 2.70. The number of halogens is 5. The summed E-state index contributed by atoms with van der Waals surface area (Å²) in [6.45, 7) is 2.71. The number of ether oxygens (including phenoxy) is 1. The zero-order chi connectivity index (χ0) is 20.6. The summed E-state index contributed by atoms with van der Waals surface area (Å²) in [6.07, 6.45) is -5.89. The monoisotopic (exact) mass is 406 g/mol. The van der Waals surface area contributed by atoms with E-state index in [2.05, 4.69) is 20.3 Å². The van der Waals surface area contributed by atoms with Crippen LogP contribution in [0.2, 0.25) is 0 Å². The molecule has 1 fully saturated rings. The Labute approximate surface area is 155 Å². The smallest absolute Gasteiger partial charge is 0.403 e. The van der Waals surface area contributed by atoms with Gasteiger partial charge in [0.25, 0.3) is 0 Å². The van der Waals surface area contributed by atoms with Gasteiger partial charge in [0, 0.05) is 12.1 Å². The molecule has 0 unspecified atom stereocenters. The first kappa shape index (κ1) is 20.0. The number of alkyl halides is 3. The molecule has 3 atom stereocenters. The SMILES string of the molecule is C[C@@H](Nc1nnc(-c2ccc(F)c(F)c2)o1)C(=O)N1C[C@H](OC(F)(F)F)[C@@H]1C. The summed E-state index contributed by atoms with van der Waals surface area (Å²) in [5, 5.41) is 9.97. The Kier molecular flexibility index (Phi) is 5.24. The maximum atomic E-state index is 13.3. The van der Waals surface area contributed by atoms with Crippen molar-refractivity contribution in [2.45, 2.75) is 38.4 Å². The van der Waals surface area contributed by atoms with Crippen LogP contribution in [0, 0.1) is 11.6 Å². The second-order valence-electron chi connectivity index (χ2n) is 6.24. The van der Waals surface area contributed by atoms with Gasteiger partial charge in [-0.15, -0.1) is 18.3 Å². The second kappa shape index (κ2) is 7.34. The number of anilines is 1. The Morgan fingerprint density at radius 3 is 2.64 bits per heavy atom. The Morgan fingerprint density at radius 2 is 2.04 bits per heavy atom. The van der Waals surface area contributed by atoms with Crippen molar-refractivity contribution in [2.75, 3.05) is 11.9 Å². The molecule has 0 radical (unpaired) electrons. The first-order valence-electron chi connectivity index (χ1n) is 8.15. The number of aromatic nitrogens is 2. The van der Waals surface area contributed by atoms with Crippen molar-refractivity contribution in [3.05, 3.63) is 29.8 Å². The minimum Gasteiger partial charge on any atom is -0.403 e. The number of carbonyl (C=O) groups excluding carboxylic acids is 1. The summed E-state index contributed by atoms with van der Waals surface area (Å²) in [7, 11) is 0. The van der Waals surface area contributed by atoms with Crippen molar-refractivity contribution in [1.29, 1.82) is 0 Å². The lowest BCUT2D eigenvalue weighted by Gasteiger charge is -2.46. The van der Waals surface area contributed by atoms with Crippen molar-refractivity contribution < 1.29 is 35.9 Å². The van der Waals surface area contributed by atoms with Crippen molar-refractivity contribution in [1.82, 2.24) is 15.1 Å². The van der Waals surface area contributed by atoms with E-state index >= 15 is 0 Å². The number of carbonyl (C=O) groups is 1. The van der Waals surface area contributed by atoms with Gasteiger partial charge in [0.15, 0.2) is 11.6 Å². The van der Waals surface area contributed by atoms with Crippen LogP contribution in [-0.2, 0) is 9.53 Å². The highest BCUT2D eigenvalue weighted by Crippen LogP contribution is 2.29. The number of amides is 1. The van der Waals surface area contributed by atoms with Gasteiger partial charge in [0.1, 0.15) is 12.1 Å². The molecule has 152 valence electrons.